The molecule has 0 saturated carbocycles. The Hall–Kier alpha value is -1.13. The Kier molecular flexibility index (Phi) is 5.32. The molecule has 0 spiro atoms. The molecule has 0 atom stereocenters. The molecule has 0 amide bonds. The number of rotatable bonds is 4. The van der Waals surface area contributed by atoms with Gasteiger partial charge in [0.15, 0.2) is 0 Å². The van der Waals surface area contributed by atoms with Crippen molar-refractivity contribution in [3.8, 4) is 0 Å². The number of nitrogens with zero attached hydrogens (tertiary/aromatic N) is 2. The Morgan fingerprint density at radius 3 is 2.59 bits per heavy atom. The number of hydrogen-bond acceptors (Lipinski definition) is 4. The largest absolute Gasteiger partial charge is 0.381 e. The Morgan fingerprint density at radius 1 is 1.18 bits per heavy atom. The van der Waals surface area contributed by atoms with Crippen molar-refractivity contribution >= 4 is 5.69 Å². The number of pyridine rings is 1. The molecule has 2 fully saturated rings. The quantitative estimate of drug-likeness (QED) is 0.924. The molecule has 0 radical (unpaired) electrons. The topological polar surface area (TPSA) is 37.4 Å². The number of nitrogens with one attached hydrogen (secondary N) is 1. The lowest BCUT2D eigenvalue weighted by Gasteiger charge is -2.39. The molecule has 0 aliphatic carbocycles. The zero-order valence-corrected chi connectivity index (χ0v) is 13.9. The van der Waals surface area contributed by atoms with Crippen LogP contribution in [-0.2, 0) is 4.74 Å². The van der Waals surface area contributed by atoms with Crippen LogP contribution in [0.4, 0.5) is 5.69 Å². The molecule has 1 aromatic heterocycles. The molecule has 2 saturated heterocycles. The van der Waals surface area contributed by atoms with Crippen molar-refractivity contribution in [3.63, 3.8) is 0 Å². The third-order valence-corrected chi connectivity index (χ3v) is 5.03. The van der Waals surface area contributed by atoms with Crippen LogP contribution in [0.5, 0.6) is 0 Å². The van der Waals surface area contributed by atoms with Crippen molar-refractivity contribution in [2.75, 3.05) is 31.6 Å². The summed E-state index contributed by atoms with van der Waals surface area (Å²) in [5, 5.41) is 3.69. The highest BCUT2D eigenvalue weighted by Gasteiger charge is 2.26. The van der Waals surface area contributed by atoms with Crippen LogP contribution in [0.2, 0.25) is 0 Å². The molecule has 2 aliphatic heterocycles. The van der Waals surface area contributed by atoms with Gasteiger partial charge in [0, 0.05) is 52.2 Å². The van der Waals surface area contributed by atoms with Gasteiger partial charge in [-0.25, -0.2) is 0 Å². The normalized spacial score (nSPS) is 22.1. The van der Waals surface area contributed by atoms with E-state index in [4.69, 9.17) is 4.74 Å². The molecular weight excluding hydrogens is 274 g/mol. The van der Waals surface area contributed by atoms with Gasteiger partial charge in [-0.3, -0.25) is 4.98 Å². The van der Waals surface area contributed by atoms with Gasteiger partial charge < -0.3 is 15.0 Å². The second-order valence-electron chi connectivity index (χ2n) is 6.96. The van der Waals surface area contributed by atoms with Gasteiger partial charge in [-0.2, -0.15) is 0 Å². The van der Waals surface area contributed by atoms with E-state index in [1.807, 2.05) is 12.4 Å². The number of hydrogen-bond donors (Lipinski definition) is 1. The minimum absolute atomic E-state index is 0. The third-order valence-electron chi connectivity index (χ3n) is 5.03. The minimum Gasteiger partial charge on any atom is -0.381 e. The van der Waals surface area contributed by atoms with E-state index in [1.54, 1.807) is 0 Å². The lowest BCUT2D eigenvalue weighted by atomic mass is 9.99. The first-order valence-electron chi connectivity index (χ1n) is 8.75. The molecule has 4 nitrogen and oxygen atoms in total. The van der Waals surface area contributed by atoms with Crippen molar-refractivity contribution in [2.45, 2.75) is 57.5 Å². The van der Waals surface area contributed by atoms with E-state index >= 15 is 0 Å². The second-order valence-corrected chi connectivity index (χ2v) is 6.96. The van der Waals surface area contributed by atoms with Crippen LogP contribution in [0.1, 0.15) is 52.4 Å². The van der Waals surface area contributed by atoms with Gasteiger partial charge >= 0.3 is 0 Å². The molecule has 3 heterocycles. The molecule has 1 N–H and O–H groups in total. The predicted octanol–water partition coefficient (Wildman–Crippen LogP) is 3.51. The fraction of sp³-hybridized carbons (Fsp3) is 0.722. The zero-order chi connectivity index (χ0) is 15.4. The number of likely N-dealkylation sites (tertiary alicyclic amines) is 1. The summed E-state index contributed by atoms with van der Waals surface area (Å²) >= 11 is 0. The van der Waals surface area contributed by atoms with E-state index in [0.29, 0.717) is 12.0 Å². The summed E-state index contributed by atoms with van der Waals surface area (Å²) < 4.78 is 5.48. The Labute approximate surface area is 135 Å². The van der Waals surface area contributed by atoms with Crippen molar-refractivity contribution in [1.29, 1.82) is 0 Å². The summed E-state index contributed by atoms with van der Waals surface area (Å²) in [5.74, 6) is 0.532. The summed E-state index contributed by atoms with van der Waals surface area (Å²) in [4.78, 5) is 7.04. The highest BCUT2D eigenvalue weighted by molar-refractivity contribution is 5.44. The summed E-state index contributed by atoms with van der Waals surface area (Å²) in [6.45, 7) is 8.73. The number of aromatic nitrogens is 1. The predicted molar refractivity (Wildman–Crippen MR) is 92.5 cm³/mol. The van der Waals surface area contributed by atoms with Gasteiger partial charge in [0.2, 0.25) is 0 Å². The first-order chi connectivity index (χ1) is 10.7. The summed E-state index contributed by atoms with van der Waals surface area (Å²) in [5.41, 5.74) is 2.49. The SMILES string of the molecule is CC(C)c1cncc(NC2CCN(C3CCOCC3)CC2)c1.[HH]. The minimum atomic E-state index is 0. The maximum atomic E-state index is 5.48. The van der Waals surface area contributed by atoms with Gasteiger partial charge in [0.25, 0.3) is 0 Å². The van der Waals surface area contributed by atoms with E-state index in [-0.39, 0.29) is 1.43 Å². The van der Waals surface area contributed by atoms with Crippen LogP contribution >= 0.6 is 0 Å². The third kappa shape index (κ3) is 3.99. The van der Waals surface area contributed by atoms with Crippen LogP contribution < -0.4 is 5.32 Å². The summed E-state index contributed by atoms with van der Waals surface area (Å²) in [7, 11) is 0. The van der Waals surface area contributed by atoms with E-state index in [2.05, 4.69) is 35.1 Å². The van der Waals surface area contributed by atoms with E-state index in [9.17, 15) is 0 Å². The average molecular weight is 305 g/mol. The van der Waals surface area contributed by atoms with Crippen LogP contribution in [0.15, 0.2) is 18.5 Å². The molecule has 124 valence electrons. The van der Waals surface area contributed by atoms with Gasteiger partial charge in [0.05, 0.1) is 5.69 Å². The van der Waals surface area contributed by atoms with Crippen LogP contribution in [0.25, 0.3) is 0 Å². The van der Waals surface area contributed by atoms with E-state index in [0.717, 1.165) is 19.3 Å². The Morgan fingerprint density at radius 2 is 1.91 bits per heavy atom. The summed E-state index contributed by atoms with van der Waals surface area (Å²) in [6, 6.07) is 3.59. The molecule has 0 unspecified atom stereocenters. The lowest BCUT2D eigenvalue weighted by molar-refractivity contribution is 0.0262. The van der Waals surface area contributed by atoms with Crippen molar-refractivity contribution in [1.82, 2.24) is 9.88 Å². The molecular formula is C18H31N3O. The molecule has 2 aliphatic rings. The Bertz CT molecular complexity index is 469. The van der Waals surface area contributed by atoms with Crippen LogP contribution in [0, 0.1) is 0 Å². The smallest absolute Gasteiger partial charge is 0.0531 e. The molecule has 4 heteroatoms. The van der Waals surface area contributed by atoms with Gasteiger partial charge in [-0.05, 0) is 43.2 Å². The first kappa shape index (κ1) is 15.8. The maximum absolute atomic E-state index is 5.48. The standard InChI is InChI=1S/C18H29N3O.H2/c1-14(2)15-11-17(13-19-12-15)20-16-3-7-21(8-4-16)18-5-9-22-10-6-18;/h11-14,16,18,20H,3-10H2,1-2H3;1H. The monoisotopic (exact) mass is 305 g/mol. The highest BCUT2D eigenvalue weighted by Crippen LogP contribution is 2.23. The van der Waals surface area contributed by atoms with Gasteiger partial charge in [-0.1, -0.05) is 13.8 Å². The molecule has 0 bridgehead atoms. The van der Waals surface area contributed by atoms with E-state index < -0.39 is 0 Å². The number of ether oxygens (including phenoxy) is 1. The van der Waals surface area contributed by atoms with Gasteiger partial charge in [-0.15, -0.1) is 0 Å². The molecule has 3 rings (SSSR count). The number of anilines is 1. The zero-order valence-electron chi connectivity index (χ0n) is 13.9. The molecule has 0 aromatic carbocycles. The lowest BCUT2D eigenvalue weighted by Crippen LogP contribution is -2.46. The van der Waals surface area contributed by atoms with Crippen molar-refractivity contribution in [3.05, 3.63) is 24.0 Å². The van der Waals surface area contributed by atoms with Crippen LogP contribution in [0.3, 0.4) is 0 Å². The number of piperidine rings is 1. The highest BCUT2D eigenvalue weighted by atomic mass is 16.5. The molecule has 22 heavy (non-hydrogen) atoms. The second kappa shape index (κ2) is 7.42. The average Bonchev–Trinajstić information content (AvgIpc) is 2.56. The van der Waals surface area contributed by atoms with Gasteiger partial charge in [0.1, 0.15) is 0 Å². The fourth-order valence-corrected chi connectivity index (χ4v) is 3.55. The van der Waals surface area contributed by atoms with E-state index in [1.165, 1.54) is 50.0 Å². The molecule has 1 aromatic rings. The van der Waals surface area contributed by atoms with Crippen LogP contribution in [-0.4, -0.2) is 48.3 Å². The fourth-order valence-electron chi connectivity index (χ4n) is 3.55. The first-order valence-corrected chi connectivity index (χ1v) is 8.75. The van der Waals surface area contributed by atoms with Crippen molar-refractivity contribution in [2.24, 2.45) is 0 Å². The summed E-state index contributed by atoms with van der Waals surface area (Å²) in [6.07, 6.45) is 8.80. The van der Waals surface area contributed by atoms with Crippen molar-refractivity contribution < 1.29 is 6.16 Å². The maximum Gasteiger partial charge on any atom is 0.0531 e. The Balaban J connectivity index is 0.00000192.